The lowest BCUT2D eigenvalue weighted by Crippen LogP contribution is -1.96. The van der Waals surface area contributed by atoms with Crippen molar-refractivity contribution in [2.75, 3.05) is 0 Å². The molecule has 0 radical (unpaired) electrons. The van der Waals surface area contributed by atoms with Gasteiger partial charge in [-0.15, -0.1) is 0 Å². The molecule has 1 rings (SSSR count). The molecule has 1 aromatic rings. The fourth-order valence-electron chi connectivity index (χ4n) is 0.724. The van der Waals surface area contributed by atoms with E-state index in [0.717, 1.165) is 0 Å². The third-order valence-electron chi connectivity index (χ3n) is 1.22. The van der Waals surface area contributed by atoms with Gasteiger partial charge in [0.2, 0.25) is 0 Å². The molecule has 0 atom stereocenters. The van der Waals surface area contributed by atoms with E-state index in [4.69, 9.17) is 10.5 Å². The van der Waals surface area contributed by atoms with Gasteiger partial charge < -0.3 is 4.98 Å². The molecule has 0 aliphatic heterocycles. The normalized spacial score (nSPS) is 10.4. The highest BCUT2D eigenvalue weighted by molar-refractivity contribution is 5.08. The predicted molar refractivity (Wildman–Crippen MR) is 33.4 cm³/mol. The van der Waals surface area contributed by atoms with Gasteiger partial charge in [-0.2, -0.15) is 0 Å². The van der Waals surface area contributed by atoms with Crippen LogP contribution in [0.4, 0.5) is 0 Å². The maximum atomic E-state index is 8.08. The molecule has 0 aliphatic carbocycles. The molecule has 0 aliphatic rings. The summed E-state index contributed by atoms with van der Waals surface area (Å²) >= 11 is 0. The molecule has 62 valence electrons. The van der Waals surface area contributed by atoms with Crippen molar-refractivity contribution in [3.05, 3.63) is 17.7 Å². The Morgan fingerprint density at radius 1 is 1.36 bits per heavy atom. The van der Waals surface area contributed by atoms with Crippen molar-refractivity contribution in [2.45, 2.75) is 13.2 Å². The van der Waals surface area contributed by atoms with Crippen molar-refractivity contribution in [1.82, 2.24) is 9.97 Å². The van der Waals surface area contributed by atoms with Crippen LogP contribution >= 0.6 is 0 Å². The summed E-state index contributed by atoms with van der Waals surface area (Å²) < 4.78 is 0. The Morgan fingerprint density at radius 3 is 2.73 bits per heavy atom. The number of rotatable bonds is 4. The minimum Gasteiger partial charge on any atom is -0.346 e. The average Bonchev–Trinajstić information content (AvgIpc) is 2.39. The molecule has 6 heteroatoms. The molecule has 6 nitrogen and oxygen atoms in total. The Kier molecular flexibility index (Phi) is 2.99. The first-order chi connectivity index (χ1) is 5.38. The molecule has 1 aromatic heterocycles. The smallest absolute Gasteiger partial charge is 0.126 e. The van der Waals surface area contributed by atoms with Crippen molar-refractivity contribution >= 4 is 0 Å². The van der Waals surface area contributed by atoms with Crippen LogP contribution in [0.1, 0.15) is 11.4 Å². The summed E-state index contributed by atoms with van der Waals surface area (Å²) in [5, 5.41) is 16.2. The number of aromatic nitrogens is 2. The molecule has 0 aromatic carbocycles. The Morgan fingerprint density at radius 2 is 2.09 bits per heavy atom. The van der Waals surface area contributed by atoms with E-state index < -0.39 is 0 Å². The maximum absolute atomic E-state index is 8.08. The van der Waals surface area contributed by atoms with E-state index in [-0.39, 0.29) is 13.2 Å². The monoisotopic (exact) mass is 160 g/mol. The van der Waals surface area contributed by atoms with Gasteiger partial charge in [-0.3, -0.25) is 10.5 Å². The SMILES string of the molecule is OOCc1nc[nH]c1COO. The molecular formula is C5H8N2O4. The van der Waals surface area contributed by atoms with Crippen LogP contribution in [0.2, 0.25) is 0 Å². The van der Waals surface area contributed by atoms with Gasteiger partial charge in [-0.25, -0.2) is 14.8 Å². The van der Waals surface area contributed by atoms with Gasteiger partial charge in [0.15, 0.2) is 0 Å². The number of hydrogen-bond donors (Lipinski definition) is 3. The van der Waals surface area contributed by atoms with Crippen LogP contribution in [0.3, 0.4) is 0 Å². The zero-order valence-corrected chi connectivity index (χ0v) is 5.65. The summed E-state index contributed by atoms with van der Waals surface area (Å²) in [4.78, 5) is 14.2. The molecular weight excluding hydrogens is 152 g/mol. The summed E-state index contributed by atoms with van der Waals surface area (Å²) in [6, 6.07) is 0. The number of hydrogen-bond acceptors (Lipinski definition) is 5. The van der Waals surface area contributed by atoms with Crippen LogP contribution in [0.25, 0.3) is 0 Å². The fraction of sp³-hybridized carbons (Fsp3) is 0.400. The van der Waals surface area contributed by atoms with Crippen molar-refractivity contribution in [3.63, 3.8) is 0 Å². The quantitative estimate of drug-likeness (QED) is 0.438. The Labute approximate surface area is 62.3 Å². The Bertz CT molecular complexity index is 192. The van der Waals surface area contributed by atoms with Crippen molar-refractivity contribution in [3.8, 4) is 0 Å². The number of nitrogens with zero attached hydrogens (tertiary/aromatic N) is 1. The molecule has 1 heterocycles. The second-order valence-corrected chi connectivity index (χ2v) is 1.87. The first kappa shape index (κ1) is 8.15. The van der Waals surface area contributed by atoms with E-state index in [0.29, 0.717) is 11.4 Å². The van der Waals surface area contributed by atoms with Gasteiger partial charge in [0.05, 0.1) is 17.7 Å². The molecule has 0 amide bonds. The minimum absolute atomic E-state index is 0.00130. The van der Waals surface area contributed by atoms with Crippen LogP contribution in [-0.4, -0.2) is 20.5 Å². The van der Waals surface area contributed by atoms with Gasteiger partial charge in [-0.05, 0) is 0 Å². The van der Waals surface area contributed by atoms with E-state index >= 15 is 0 Å². The van der Waals surface area contributed by atoms with Gasteiger partial charge >= 0.3 is 0 Å². The van der Waals surface area contributed by atoms with E-state index in [2.05, 4.69) is 19.7 Å². The summed E-state index contributed by atoms with van der Waals surface area (Å²) in [5.41, 5.74) is 1.07. The second-order valence-electron chi connectivity index (χ2n) is 1.87. The highest BCUT2D eigenvalue weighted by Crippen LogP contribution is 2.04. The molecule has 0 saturated heterocycles. The molecule has 0 saturated carbocycles. The molecule has 11 heavy (non-hydrogen) atoms. The molecule has 0 spiro atoms. The molecule has 0 fully saturated rings. The van der Waals surface area contributed by atoms with Crippen molar-refractivity contribution in [1.29, 1.82) is 0 Å². The maximum Gasteiger partial charge on any atom is 0.126 e. The highest BCUT2D eigenvalue weighted by Gasteiger charge is 2.04. The first-order valence-electron chi connectivity index (χ1n) is 2.92. The summed E-state index contributed by atoms with van der Waals surface area (Å²) in [5.74, 6) is 0. The third-order valence-corrected chi connectivity index (χ3v) is 1.22. The van der Waals surface area contributed by atoms with Crippen LogP contribution in [0.5, 0.6) is 0 Å². The zero-order valence-electron chi connectivity index (χ0n) is 5.65. The topological polar surface area (TPSA) is 87.6 Å². The fourth-order valence-corrected chi connectivity index (χ4v) is 0.724. The number of imidazole rings is 1. The minimum atomic E-state index is -0.0256. The average molecular weight is 160 g/mol. The lowest BCUT2D eigenvalue weighted by molar-refractivity contribution is -0.259. The predicted octanol–water partition coefficient (Wildman–Crippen LogP) is 0.389. The lowest BCUT2D eigenvalue weighted by Gasteiger charge is -1.96. The summed E-state index contributed by atoms with van der Waals surface area (Å²) in [6.07, 6.45) is 1.42. The van der Waals surface area contributed by atoms with Gasteiger partial charge in [0.25, 0.3) is 0 Å². The number of aromatic amines is 1. The van der Waals surface area contributed by atoms with E-state index in [9.17, 15) is 0 Å². The van der Waals surface area contributed by atoms with E-state index in [1.54, 1.807) is 0 Å². The van der Waals surface area contributed by atoms with Gasteiger partial charge in [0.1, 0.15) is 13.2 Å². The summed E-state index contributed by atoms with van der Waals surface area (Å²) in [6.45, 7) is -0.0269. The number of nitrogens with one attached hydrogen (secondary N) is 1. The highest BCUT2D eigenvalue weighted by atomic mass is 17.1. The summed E-state index contributed by atoms with van der Waals surface area (Å²) in [7, 11) is 0. The van der Waals surface area contributed by atoms with Crippen molar-refractivity contribution in [2.24, 2.45) is 0 Å². The standard InChI is InChI=1S/C5H8N2O4/c8-10-1-4-5(2-11-9)7-3-6-4/h3,8-9H,1-2H2,(H,6,7). The largest absolute Gasteiger partial charge is 0.346 e. The van der Waals surface area contributed by atoms with Crippen LogP contribution in [0.15, 0.2) is 6.33 Å². The van der Waals surface area contributed by atoms with Crippen molar-refractivity contribution < 1.29 is 20.3 Å². The van der Waals surface area contributed by atoms with Gasteiger partial charge in [0, 0.05) is 0 Å². The molecule has 0 unspecified atom stereocenters. The van der Waals surface area contributed by atoms with Crippen LogP contribution in [0, 0.1) is 0 Å². The van der Waals surface area contributed by atoms with Crippen LogP contribution < -0.4 is 0 Å². The Hall–Kier alpha value is -0.950. The third kappa shape index (κ3) is 1.99. The molecule has 3 N–H and O–H groups in total. The Balaban J connectivity index is 2.62. The first-order valence-corrected chi connectivity index (χ1v) is 2.92. The van der Waals surface area contributed by atoms with E-state index in [1.165, 1.54) is 6.33 Å². The van der Waals surface area contributed by atoms with E-state index in [1.807, 2.05) is 0 Å². The second kappa shape index (κ2) is 4.04. The lowest BCUT2D eigenvalue weighted by atomic mass is 10.3. The van der Waals surface area contributed by atoms with Gasteiger partial charge in [-0.1, -0.05) is 0 Å². The molecule has 0 bridgehead atoms. The number of H-pyrrole nitrogens is 1. The zero-order chi connectivity index (χ0) is 8.10. The van der Waals surface area contributed by atoms with Crippen LogP contribution in [-0.2, 0) is 23.0 Å².